The quantitative estimate of drug-likeness (QED) is 0.504. The Morgan fingerprint density at radius 2 is 1.61 bits per heavy atom. The van der Waals surface area contributed by atoms with Gasteiger partial charge in [0, 0.05) is 17.3 Å². The molecule has 3 aromatic rings. The summed E-state index contributed by atoms with van der Waals surface area (Å²) in [5.41, 5.74) is 1.75. The monoisotopic (exact) mass is 446 g/mol. The number of hydrogen-bond acceptors (Lipinski definition) is 4. The van der Waals surface area contributed by atoms with Gasteiger partial charge >= 0.3 is 6.36 Å². The van der Waals surface area contributed by atoms with Crippen molar-refractivity contribution in [3.8, 4) is 11.5 Å². The molecule has 0 radical (unpaired) electrons. The van der Waals surface area contributed by atoms with Crippen LogP contribution in [-0.2, 0) is 6.61 Å². The maximum Gasteiger partial charge on any atom is 0.573 e. The highest BCUT2D eigenvalue weighted by molar-refractivity contribution is 7.80. The molecule has 0 aliphatic rings. The van der Waals surface area contributed by atoms with Crippen molar-refractivity contribution >= 4 is 28.9 Å². The topological polar surface area (TPSA) is 59.6 Å². The van der Waals surface area contributed by atoms with E-state index in [-0.39, 0.29) is 10.7 Å². The molecule has 3 aromatic carbocycles. The lowest BCUT2D eigenvalue weighted by Gasteiger charge is -2.12. The van der Waals surface area contributed by atoms with Crippen LogP contribution in [0.1, 0.15) is 15.9 Å². The second-order valence-electron chi connectivity index (χ2n) is 6.28. The van der Waals surface area contributed by atoms with E-state index in [0.29, 0.717) is 18.0 Å². The van der Waals surface area contributed by atoms with Crippen LogP contribution in [0, 0.1) is 0 Å². The van der Waals surface area contributed by atoms with Gasteiger partial charge in [0.15, 0.2) is 5.11 Å². The van der Waals surface area contributed by atoms with E-state index >= 15 is 0 Å². The molecule has 0 bridgehead atoms. The molecule has 3 rings (SSSR count). The fraction of sp³-hybridized carbons (Fsp3) is 0.0909. The zero-order valence-corrected chi connectivity index (χ0v) is 16.8. The Balaban J connectivity index is 1.53. The number of hydrogen-bond donors (Lipinski definition) is 2. The summed E-state index contributed by atoms with van der Waals surface area (Å²) in [6.07, 6.45) is -4.80. The average Bonchev–Trinajstić information content (AvgIpc) is 2.72. The lowest BCUT2D eigenvalue weighted by atomic mass is 10.2. The Labute approximate surface area is 181 Å². The molecule has 0 atom stereocenters. The summed E-state index contributed by atoms with van der Waals surface area (Å²) in [4.78, 5) is 12.2. The lowest BCUT2D eigenvalue weighted by molar-refractivity contribution is -0.274. The third kappa shape index (κ3) is 7.31. The molecule has 31 heavy (non-hydrogen) atoms. The number of ether oxygens (including phenoxy) is 2. The van der Waals surface area contributed by atoms with Crippen LogP contribution in [0.25, 0.3) is 0 Å². The van der Waals surface area contributed by atoms with Gasteiger partial charge in [-0.05, 0) is 54.2 Å². The van der Waals surface area contributed by atoms with Gasteiger partial charge in [0.05, 0.1) is 0 Å². The molecule has 0 fully saturated rings. The molecule has 0 spiro atoms. The number of carbonyl (C=O) groups is 1. The number of nitrogens with one attached hydrogen (secondary N) is 2. The van der Waals surface area contributed by atoms with Crippen LogP contribution in [0.4, 0.5) is 18.9 Å². The van der Waals surface area contributed by atoms with E-state index in [1.54, 1.807) is 24.3 Å². The summed E-state index contributed by atoms with van der Waals surface area (Å²) in [7, 11) is 0. The van der Waals surface area contributed by atoms with E-state index < -0.39 is 18.0 Å². The number of carbonyl (C=O) groups excluding carboxylic acids is 1. The van der Waals surface area contributed by atoms with Crippen molar-refractivity contribution in [1.82, 2.24) is 5.32 Å². The minimum absolute atomic E-state index is 0.0285. The van der Waals surface area contributed by atoms with Crippen LogP contribution in [0.15, 0.2) is 78.9 Å². The highest BCUT2D eigenvalue weighted by atomic mass is 32.1. The van der Waals surface area contributed by atoms with Gasteiger partial charge in [-0.15, -0.1) is 13.2 Å². The van der Waals surface area contributed by atoms with Crippen molar-refractivity contribution in [2.75, 3.05) is 5.32 Å². The normalized spacial score (nSPS) is 10.8. The van der Waals surface area contributed by atoms with Gasteiger partial charge in [0.25, 0.3) is 5.91 Å². The molecular formula is C22H17F3N2O3S. The summed E-state index contributed by atoms with van der Waals surface area (Å²) in [5, 5.41) is 5.37. The molecule has 0 saturated heterocycles. The van der Waals surface area contributed by atoms with Crippen molar-refractivity contribution in [2.24, 2.45) is 0 Å². The molecular weight excluding hydrogens is 429 g/mol. The average molecular weight is 446 g/mol. The van der Waals surface area contributed by atoms with Crippen LogP contribution >= 0.6 is 12.2 Å². The Morgan fingerprint density at radius 1 is 0.903 bits per heavy atom. The minimum atomic E-state index is -4.80. The molecule has 5 nitrogen and oxygen atoms in total. The van der Waals surface area contributed by atoms with Gasteiger partial charge < -0.3 is 14.8 Å². The largest absolute Gasteiger partial charge is 0.573 e. The maximum absolute atomic E-state index is 12.2. The Morgan fingerprint density at radius 3 is 2.29 bits per heavy atom. The third-order valence-electron chi connectivity index (χ3n) is 3.92. The van der Waals surface area contributed by atoms with Crippen LogP contribution in [-0.4, -0.2) is 17.4 Å². The van der Waals surface area contributed by atoms with Crippen LogP contribution < -0.4 is 20.1 Å². The molecule has 0 heterocycles. The summed E-state index contributed by atoms with van der Waals surface area (Å²) >= 11 is 5.14. The van der Waals surface area contributed by atoms with Crippen LogP contribution in [0.5, 0.6) is 11.5 Å². The van der Waals surface area contributed by atoms with E-state index in [0.717, 1.165) is 17.7 Å². The molecule has 1 amide bonds. The van der Waals surface area contributed by atoms with Gasteiger partial charge in [0.2, 0.25) is 0 Å². The Kier molecular flexibility index (Phi) is 7.09. The third-order valence-corrected chi connectivity index (χ3v) is 4.12. The minimum Gasteiger partial charge on any atom is -0.489 e. The summed E-state index contributed by atoms with van der Waals surface area (Å²) < 4.78 is 46.1. The van der Waals surface area contributed by atoms with E-state index in [1.807, 2.05) is 30.3 Å². The Bertz CT molecular complexity index is 1040. The zero-order chi connectivity index (χ0) is 22.3. The SMILES string of the molecule is O=C(NC(=S)Nc1cccc(OCc2ccccc2)c1)c1ccc(OC(F)(F)F)cc1. The van der Waals surface area contributed by atoms with Gasteiger partial charge in [-0.3, -0.25) is 10.1 Å². The van der Waals surface area contributed by atoms with E-state index in [9.17, 15) is 18.0 Å². The summed E-state index contributed by atoms with van der Waals surface area (Å²) in [6.45, 7) is 0.402. The fourth-order valence-electron chi connectivity index (χ4n) is 2.55. The van der Waals surface area contributed by atoms with Crippen molar-refractivity contribution in [3.63, 3.8) is 0 Å². The first-order valence-corrected chi connectivity index (χ1v) is 9.44. The molecule has 0 saturated carbocycles. The van der Waals surface area contributed by atoms with E-state index in [1.165, 1.54) is 12.1 Å². The molecule has 160 valence electrons. The van der Waals surface area contributed by atoms with Gasteiger partial charge in [-0.25, -0.2) is 0 Å². The zero-order valence-electron chi connectivity index (χ0n) is 16.0. The van der Waals surface area contributed by atoms with Crippen molar-refractivity contribution < 1.29 is 27.4 Å². The lowest BCUT2D eigenvalue weighted by Crippen LogP contribution is -2.34. The summed E-state index contributed by atoms with van der Waals surface area (Å²) in [5.74, 6) is -0.382. The number of amides is 1. The number of halogens is 3. The number of benzene rings is 3. The fourth-order valence-corrected chi connectivity index (χ4v) is 2.76. The van der Waals surface area contributed by atoms with Gasteiger partial charge in [-0.2, -0.15) is 0 Å². The second kappa shape index (κ2) is 9.94. The summed E-state index contributed by atoms with van der Waals surface area (Å²) in [6, 6.07) is 21.2. The van der Waals surface area contributed by atoms with E-state index in [2.05, 4.69) is 15.4 Å². The molecule has 9 heteroatoms. The predicted octanol–water partition coefficient (Wildman–Crippen LogP) is 5.29. The predicted molar refractivity (Wildman–Crippen MR) is 114 cm³/mol. The highest BCUT2D eigenvalue weighted by Gasteiger charge is 2.31. The second-order valence-corrected chi connectivity index (χ2v) is 6.69. The first-order chi connectivity index (χ1) is 14.8. The Hall–Kier alpha value is -3.59. The molecule has 2 N–H and O–H groups in total. The standard InChI is InChI=1S/C22H17F3N2O3S/c23-22(24,25)30-18-11-9-16(10-12-18)20(28)27-21(31)26-17-7-4-8-19(13-17)29-14-15-5-2-1-3-6-15/h1-13H,14H2,(H2,26,27,28,31). The molecule has 0 aliphatic heterocycles. The number of alkyl halides is 3. The smallest absolute Gasteiger partial charge is 0.489 e. The van der Waals surface area contributed by atoms with Crippen molar-refractivity contribution in [2.45, 2.75) is 13.0 Å². The number of thiocarbonyl (C=S) groups is 1. The first kappa shape index (κ1) is 22.1. The van der Waals surface area contributed by atoms with Crippen LogP contribution in [0.3, 0.4) is 0 Å². The van der Waals surface area contributed by atoms with Gasteiger partial charge in [-0.1, -0.05) is 36.4 Å². The van der Waals surface area contributed by atoms with Gasteiger partial charge in [0.1, 0.15) is 18.1 Å². The molecule has 0 aromatic heterocycles. The van der Waals surface area contributed by atoms with Crippen molar-refractivity contribution in [1.29, 1.82) is 0 Å². The highest BCUT2D eigenvalue weighted by Crippen LogP contribution is 2.23. The number of rotatable bonds is 6. The number of anilines is 1. The molecule has 0 unspecified atom stereocenters. The molecule has 0 aliphatic carbocycles. The van der Waals surface area contributed by atoms with E-state index in [4.69, 9.17) is 17.0 Å². The maximum atomic E-state index is 12.2. The van der Waals surface area contributed by atoms with Crippen molar-refractivity contribution in [3.05, 3.63) is 90.0 Å². The van der Waals surface area contributed by atoms with Crippen LogP contribution in [0.2, 0.25) is 0 Å². The first-order valence-electron chi connectivity index (χ1n) is 9.03.